The van der Waals surface area contributed by atoms with Crippen molar-refractivity contribution in [1.29, 1.82) is 0 Å². The van der Waals surface area contributed by atoms with Crippen LogP contribution in [0.5, 0.6) is 0 Å². The van der Waals surface area contributed by atoms with Crippen LogP contribution in [0.15, 0.2) is 12.7 Å². The molecule has 2 N–H and O–H groups in total. The van der Waals surface area contributed by atoms with Gasteiger partial charge in [-0.2, -0.15) is 0 Å². The first-order valence-corrected chi connectivity index (χ1v) is 4.34. The fourth-order valence-corrected chi connectivity index (χ4v) is 2.33. The number of piperidine rings is 1. The van der Waals surface area contributed by atoms with Crippen molar-refractivity contribution in [3.63, 3.8) is 0 Å². The van der Waals surface area contributed by atoms with Gasteiger partial charge in [0.15, 0.2) is 0 Å². The van der Waals surface area contributed by atoms with E-state index in [0.717, 1.165) is 12.8 Å². The Labute approximate surface area is 67.3 Å². The molecule has 2 heteroatoms. The lowest BCUT2D eigenvalue weighted by Crippen LogP contribution is -2.47. The maximum Gasteiger partial charge on any atom is 0.0854 e. The van der Waals surface area contributed by atoms with Crippen molar-refractivity contribution in [3.8, 4) is 0 Å². The summed E-state index contributed by atoms with van der Waals surface area (Å²) in [6.07, 6.45) is 5.86. The van der Waals surface area contributed by atoms with Crippen molar-refractivity contribution in [1.82, 2.24) is 5.32 Å². The van der Waals surface area contributed by atoms with E-state index in [-0.39, 0.29) is 0 Å². The molecule has 2 heterocycles. The fourth-order valence-electron chi connectivity index (χ4n) is 2.33. The summed E-state index contributed by atoms with van der Waals surface area (Å²) in [6, 6.07) is 1.08. The highest BCUT2D eigenvalue weighted by molar-refractivity contribution is 5.07. The summed E-state index contributed by atoms with van der Waals surface area (Å²) in [5.74, 6) is 0. The molecule has 2 nitrogen and oxygen atoms in total. The molecule has 2 atom stereocenters. The minimum Gasteiger partial charge on any atom is -0.386 e. The van der Waals surface area contributed by atoms with E-state index >= 15 is 0 Å². The summed E-state index contributed by atoms with van der Waals surface area (Å²) in [4.78, 5) is 0. The minimum atomic E-state index is -0.572. The summed E-state index contributed by atoms with van der Waals surface area (Å²) in [5, 5.41) is 13.4. The van der Waals surface area contributed by atoms with Crippen LogP contribution < -0.4 is 5.32 Å². The predicted octanol–water partition coefficient (Wildman–Crippen LogP) is 0.818. The smallest absolute Gasteiger partial charge is 0.0854 e. The van der Waals surface area contributed by atoms with Gasteiger partial charge in [0.05, 0.1) is 5.60 Å². The van der Waals surface area contributed by atoms with E-state index in [1.165, 1.54) is 12.8 Å². The molecule has 0 saturated carbocycles. The molecule has 62 valence electrons. The summed E-state index contributed by atoms with van der Waals surface area (Å²) >= 11 is 0. The lowest BCUT2D eigenvalue weighted by atomic mass is 9.88. The van der Waals surface area contributed by atoms with Crippen LogP contribution in [0.25, 0.3) is 0 Å². The number of hydrogen-bond acceptors (Lipinski definition) is 2. The topological polar surface area (TPSA) is 32.3 Å². The number of hydrogen-bond donors (Lipinski definition) is 2. The van der Waals surface area contributed by atoms with Crippen molar-refractivity contribution in [3.05, 3.63) is 12.7 Å². The molecule has 0 aromatic carbocycles. The monoisotopic (exact) mass is 153 g/mol. The van der Waals surface area contributed by atoms with E-state index < -0.39 is 5.60 Å². The number of aliphatic hydroxyl groups is 1. The van der Waals surface area contributed by atoms with Gasteiger partial charge in [0.25, 0.3) is 0 Å². The molecule has 2 rings (SSSR count). The zero-order chi connectivity index (χ0) is 7.90. The number of nitrogens with one attached hydrogen (secondary N) is 1. The molecule has 2 saturated heterocycles. The van der Waals surface area contributed by atoms with Crippen LogP contribution in [0.4, 0.5) is 0 Å². The van der Waals surface area contributed by atoms with E-state index in [2.05, 4.69) is 11.9 Å². The maximum atomic E-state index is 9.90. The Hall–Kier alpha value is -0.340. The Bertz CT molecular complexity index is 166. The predicted molar refractivity (Wildman–Crippen MR) is 44.3 cm³/mol. The van der Waals surface area contributed by atoms with Crippen LogP contribution in [0, 0.1) is 0 Å². The molecule has 2 unspecified atom stereocenters. The molecule has 2 aliphatic rings. The number of rotatable bonds is 1. The second kappa shape index (κ2) is 2.32. The van der Waals surface area contributed by atoms with Crippen LogP contribution in [-0.2, 0) is 0 Å². The lowest BCUT2D eigenvalue weighted by molar-refractivity contribution is 0.0391. The van der Waals surface area contributed by atoms with Gasteiger partial charge in [-0.25, -0.2) is 0 Å². The zero-order valence-electron chi connectivity index (χ0n) is 6.71. The van der Waals surface area contributed by atoms with Crippen LogP contribution in [0.3, 0.4) is 0 Å². The molecule has 0 amide bonds. The Balaban J connectivity index is 2.13. The largest absolute Gasteiger partial charge is 0.386 e. The SMILES string of the molecule is C=CC1(O)CC2CCC(C1)N2. The normalized spacial score (nSPS) is 49.2. The van der Waals surface area contributed by atoms with E-state index in [1.54, 1.807) is 6.08 Å². The standard InChI is InChI=1S/C9H15NO/c1-2-9(11)5-7-3-4-8(6-9)10-7/h2,7-8,10-11H,1,3-6H2. The summed E-state index contributed by atoms with van der Waals surface area (Å²) in [5.41, 5.74) is -0.572. The second-order valence-electron chi connectivity index (χ2n) is 3.85. The Kier molecular flexibility index (Phi) is 1.55. The van der Waals surface area contributed by atoms with Crippen molar-refractivity contribution >= 4 is 0 Å². The van der Waals surface area contributed by atoms with Gasteiger partial charge in [0.1, 0.15) is 0 Å². The number of fused-ring (bicyclic) bond motifs is 2. The molecule has 2 aliphatic heterocycles. The third kappa shape index (κ3) is 1.21. The van der Waals surface area contributed by atoms with E-state index in [4.69, 9.17) is 0 Å². The summed E-state index contributed by atoms with van der Waals surface area (Å²) < 4.78 is 0. The summed E-state index contributed by atoms with van der Waals surface area (Å²) in [7, 11) is 0. The highest BCUT2D eigenvalue weighted by Gasteiger charge is 2.40. The van der Waals surface area contributed by atoms with E-state index in [1.807, 2.05) is 0 Å². The highest BCUT2D eigenvalue weighted by atomic mass is 16.3. The van der Waals surface area contributed by atoms with E-state index in [9.17, 15) is 5.11 Å². The second-order valence-corrected chi connectivity index (χ2v) is 3.85. The minimum absolute atomic E-state index is 0.539. The molecular weight excluding hydrogens is 138 g/mol. The lowest BCUT2D eigenvalue weighted by Gasteiger charge is -2.34. The van der Waals surface area contributed by atoms with Gasteiger partial charge in [-0.3, -0.25) is 0 Å². The molecule has 11 heavy (non-hydrogen) atoms. The van der Waals surface area contributed by atoms with E-state index in [0.29, 0.717) is 12.1 Å². The Morgan fingerprint density at radius 3 is 2.36 bits per heavy atom. The first-order chi connectivity index (χ1) is 5.22. The Morgan fingerprint density at radius 1 is 1.36 bits per heavy atom. The van der Waals surface area contributed by atoms with Gasteiger partial charge in [-0.15, -0.1) is 6.58 Å². The average Bonchev–Trinajstić information content (AvgIpc) is 2.31. The fraction of sp³-hybridized carbons (Fsp3) is 0.778. The van der Waals surface area contributed by atoms with Crippen molar-refractivity contribution < 1.29 is 5.11 Å². The van der Waals surface area contributed by atoms with Crippen molar-refractivity contribution in [2.75, 3.05) is 0 Å². The van der Waals surface area contributed by atoms with Gasteiger partial charge in [-0.1, -0.05) is 6.08 Å². The first kappa shape index (κ1) is 7.32. The molecule has 0 aromatic heterocycles. The molecule has 0 radical (unpaired) electrons. The van der Waals surface area contributed by atoms with Crippen LogP contribution in [-0.4, -0.2) is 22.8 Å². The average molecular weight is 153 g/mol. The van der Waals surface area contributed by atoms with Gasteiger partial charge in [0.2, 0.25) is 0 Å². The highest BCUT2D eigenvalue weighted by Crippen LogP contribution is 2.34. The molecule has 0 aromatic rings. The molecular formula is C9H15NO. The quantitative estimate of drug-likeness (QED) is 0.547. The van der Waals surface area contributed by atoms with Gasteiger partial charge in [0, 0.05) is 12.1 Å². The Morgan fingerprint density at radius 2 is 1.91 bits per heavy atom. The third-order valence-electron chi connectivity index (χ3n) is 2.91. The maximum absolute atomic E-state index is 9.90. The van der Waals surface area contributed by atoms with Crippen LogP contribution in [0.1, 0.15) is 25.7 Å². The van der Waals surface area contributed by atoms with Crippen LogP contribution in [0.2, 0.25) is 0 Å². The van der Waals surface area contributed by atoms with Gasteiger partial charge >= 0.3 is 0 Å². The third-order valence-corrected chi connectivity index (χ3v) is 2.91. The summed E-state index contributed by atoms with van der Waals surface area (Å²) in [6.45, 7) is 3.68. The molecule has 0 aliphatic carbocycles. The van der Waals surface area contributed by atoms with Crippen LogP contribution >= 0.6 is 0 Å². The zero-order valence-corrected chi connectivity index (χ0v) is 6.71. The molecule has 0 spiro atoms. The first-order valence-electron chi connectivity index (χ1n) is 4.34. The van der Waals surface area contributed by atoms with Gasteiger partial charge in [-0.05, 0) is 25.7 Å². The molecule has 2 fully saturated rings. The van der Waals surface area contributed by atoms with Gasteiger partial charge < -0.3 is 10.4 Å². The molecule has 2 bridgehead atoms. The van der Waals surface area contributed by atoms with Crippen molar-refractivity contribution in [2.45, 2.75) is 43.4 Å². The van der Waals surface area contributed by atoms with Crippen molar-refractivity contribution in [2.24, 2.45) is 0 Å².